The van der Waals surface area contributed by atoms with E-state index in [2.05, 4.69) is 5.32 Å². The van der Waals surface area contributed by atoms with Gasteiger partial charge in [0.25, 0.3) is 5.91 Å². The van der Waals surface area contributed by atoms with Crippen molar-refractivity contribution in [1.82, 2.24) is 0 Å². The quantitative estimate of drug-likeness (QED) is 0.563. The van der Waals surface area contributed by atoms with Crippen LogP contribution in [0.5, 0.6) is 0 Å². The van der Waals surface area contributed by atoms with E-state index in [1.807, 2.05) is 0 Å². The van der Waals surface area contributed by atoms with Gasteiger partial charge < -0.3 is 10.1 Å². The Bertz CT molecular complexity index is 1030. The minimum absolute atomic E-state index is 0.156. The second-order valence-corrected chi connectivity index (χ2v) is 8.13. The van der Waals surface area contributed by atoms with Crippen molar-refractivity contribution in [1.29, 1.82) is 0 Å². The number of nitrogens with zero attached hydrogens (tertiary/aromatic N) is 1. The highest BCUT2D eigenvalue weighted by Crippen LogP contribution is 2.40. The van der Waals surface area contributed by atoms with Crippen molar-refractivity contribution in [3.05, 3.63) is 59.1 Å². The highest BCUT2D eigenvalue weighted by molar-refractivity contribution is 6.30. The number of anilines is 2. The molecular formula is C23H21ClN2O5. The minimum Gasteiger partial charge on any atom is -0.452 e. The largest absolute Gasteiger partial charge is 0.452 e. The molecule has 0 aromatic heterocycles. The normalized spacial score (nSPS) is 20.4. The Morgan fingerprint density at radius 1 is 1.00 bits per heavy atom. The number of rotatable bonds is 5. The summed E-state index contributed by atoms with van der Waals surface area (Å²) in [5.74, 6) is -2.19. The summed E-state index contributed by atoms with van der Waals surface area (Å²) in [5.41, 5.74) is 0.994. The molecule has 8 heteroatoms. The second-order valence-electron chi connectivity index (χ2n) is 7.69. The number of hydrogen-bond donors (Lipinski definition) is 1. The molecule has 2 atom stereocenters. The Morgan fingerprint density at radius 2 is 1.68 bits per heavy atom. The van der Waals surface area contributed by atoms with Gasteiger partial charge in [0.15, 0.2) is 6.61 Å². The van der Waals surface area contributed by atoms with Crippen LogP contribution in [0.25, 0.3) is 0 Å². The van der Waals surface area contributed by atoms with Crippen LogP contribution < -0.4 is 10.2 Å². The summed E-state index contributed by atoms with van der Waals surface area (Å²) < 4.78 is 5.09. The van der Waals surface area contributed by atoms with Gasteiger partial charge in [-0.2, -0.15) is 0 Å². The van der Waals surface area contributed by atoms with E-state index in [0.717, 1.165) is 25.7 Å². The van der Waals surface area contributed by atoms with E-state index in [1.54, 1.807) is 36.4 Å². The number of carbonyl (C=O) groups is 4. The van der Waals surface area contributed by atoms with E-state index in [0.29, 0.717) is 16.4 Å². The number of amides is 3. The summed E-state index contributed by atoms with van der Waals surface area (Å²) in [6.07, 6.45) is 3.32. The zero-order valence-corrected chi connectivity index (χ0v) is 17.4. The minimum atomic E-state index is -0.723. The standard InChI is InChI=1S/C23H21ClN2O5/c24-15-6-4-7-16(12-15)25-20(27)13-31-23(30)14-5-3-8-17(11-14)26-21(28)18-9-1-2-10-19(18)22(26)29/h3-8,11-12,18-19H,1-2,9-10,13H2,(H,25,27)/t18-,19-/m1/s1. The van der Waals surface area contributed by atoms with Crippen molar-refractivity contribution in [2.24, 2.45) is 11.8 Å². The summed E-state index contributed by atoms with van der Waals surface area (Å²) in [4.78, 5) is 51.2. The molecule has 31 heavy (non-hydrogen) atoms. The maximum Gasteiger partial charge on any atom is 0.338 e. The number of fused-ring (bicyclic) bond motifs is 1. The Hall–Kier alpha value is -3.19. The van der Waals surface area contributed by atoms with Gasteiger partial charge in [-0.1, -0.05) is 36.6 Å². The lowest BCUT2D eigenvalue weighted by Crippen LogP contribution is -2.31. The molecule has 2 aromatic carbocycles. The molecule has 0 unspecified atom stereocenters. The third-order valence-corrected chi connectivity index (χ3v) is 5.86. The van der Waals surface area contributed by atoms with Crippen LogP contribution in [0, 0.1) is 11.8 Å². The fourth-order valence-electron chi connectivity index (χ4n) is 4.17. The molecule has 1 aliphatic carbocycles. The smallest absolute Gasteiger partial charge is 0.338 e. The molecule has 0 spiro atoms. The molecule has 0 radical (unpaired) electrons. The van der Waals surface area contributed by atoms with Crippen molar-refractivity contribution in [3.8, 4) is 0 Å². The van der Waals surface area contributed by atoms with E-state index in [1.165, 1.54) is 17.0 Å². The van der Waals surface area contributed by atoms with Crippen LogP contribution in [-0.2, 0) is 19.1 Å². The first-order chi connectivity index (χ1) is 14.9. The van der Waals surface area contributed by atoms with Crippen LogP contribution in [-0.4, -0.2) is 30.3 Å². The lowest BCUT2D eigenvalue weighted by atomic mass is 9.81. The summed E-state index contributed by atoms with van der Waals surface area (Å²) in [5, 5.41) is 3.06. The van der Waals surface area contributed by atoms with Crippen molar-refractivity contribution in [2.45, 2.75) is 25.7 Å². The molecule has 4 rings (SSSR count). The van der Waals surface area contributed by atoms with Crippen LogP contribution in [0.1, 0.15) is 36.0 Å². The van der Waals surface area contributed by atoms with Gasteiger partial charge in [-0.25, -0.2) is 4.79 Å². The summed E-state index contributed by atoms with van der Waals surface area (Å²) >= 11 is 5.88. The Morgan fingerprint density at radius 3 is 2.35 bits per heavy atom. The van der Waals surface area contributed by atoms with E-state index < -0.39 is 18.5 Å². The van der Waals surface area contributed by atoms with Gasteiger partial charge >= 0.3 is 5.97 Å². The molecule has 1 N–H and O–H groups in total. The maximum atomic E-state index is 12.8. The Labute approximate surface area is 184 Å². The predicted octanol–water partition coefficient (Wildman–Crippen LogP) is 3.82. The van der Waals surface area contributed by atoms with Gasteiger partial charge in [-0.3, -0.25) is 19.3 Å². The Kier molecular flexibility index (Phi) is 6.04. The highest BCUT2D eigenvalue weighted by atomic mass is 35.5. The van der Waals surface area contributed by atoms with Gasteiger partial charge in [0.2, 0.25) is 11.8 Å². The first-order valence-corrected chi connectivity index (χ1v) is 10.5. The third kappa shape index (κ3) is 4.46. The molecule has 160 valence electrons. The van der Waals surface area contributed by atoms with Crippen molar-refractivity contribution in [2.75, 3.05) is 16.8 Å². The molecule has 0 bridgehead atoms. The molecular weight excluding hydrogens is 420 g/mol. The van der Waals surface area contributed by atoms with Crippen LogP contribution in [0.2, 0.25) is 5.02 Å². The van der Waals surface area contributed by atoms with E-state index in [9.17, 15) is 19.2 Å². The van der Waals surface area contributed by atoms with Crippen LogP contribution in [0.4, 0.5) is 11.4 Å². The zero-order valence-electron chi connectivity index (χ0n) is 16.7. The van der Waals surface area contributed by atoms with Crippen molar-refractivity contribution in [3.63, 3.8) is 0 Å². The molecule has 1 saturated heterocycles. The highest BCUT2D eigenvalue weighted by Gasteiger charge is 2.48. The number of hydrogen-bond acceptors (Lipinski definition) is 5. The molecule has 2 fully saturated rings. The molecule has 3 amide bonds. The van der Waals surface area contributed by atoms with Crippen molar-refractivity contribution >= 4 is 46.7 Å². The predicted molar refractivity (Wildman–Crippen MR) is 115 cm³/mol. The van der Waals surface area contributed by atoms with Crippen molar-refractivity contribution < 1.29 is 23.9 Å². The number of carbonyl (C=O) groups excluding carboxylic acids is 4. The van der Waals surface area contributed by atoms with Gasteiger partial charge in [0.1, 0.15) is 0 Å². The average Bonchev–Trinajstić information content (AvgIpc) is 3.02. The Balaban J connectivity index is 1.41. The number of benzene rings is 2. The lowest BCUT2D eigenvalue weighted by Gasteiger charge is -2.19. The summed E-state index contributed by atoms with van der Waals surface area (Å²) in [6.45, 7) is -0.485. The second kappa shape index (κ2) is 8.89. The van der Waals surface area contributed by atoms with E-state index in [4.69, 9.17) is 16.3 Å². The van der Waals surface area contributed by atoms with Gasteiger partial charge in [-0.15, -0.1) is 0 Å². The number of esters is 1. The molecule has 2 aliphatic rings. The molecule has 7 nitrogen and oxygen atoms in total. The van der Waals surface area contributed by atoms with Gasteiger partial charge in [-0.05, 0) is 49.2 Å². The zero-order chi connectivity index (χ0) is 22.0. The van der Waals surface area contributed by atoms with Gasteiger partial charge in [0.05, 0.1) is 23.1 Å². The molecule has 1 aliphatic heterocycles. The molecule has 1 saturated carbocycles. The fraction of sp³-hybridized carbons (Fsp3) is 0.304. The number of ether oxygens (including phenoxy) is 1. The van der Waals surface area contributed by atoms with E-state index in [-0.39, 0.29) is 29.2 Å². The number of halogens is 1. The number of imide groups is 1. The molecule has 1 heterocycles. The van der Waals surface area contributed by atoms with E-state index >= 15 is 0 Å². The fourth-order valence-corrected chi connectivity index (χ4v) is 4.36. The summed E-state index contributed by atoms with van der Waals surface area (Å²) in [7, 11) is 0. The third-order valence-electron chi connectivity index (χ3n) is 5.62. The number of nitrogens with one attached hydrogen (secondary N) is 1. The average molecular weight is 441 g/mol. The SMILES string of the molecule is O=C(COC(=O)c1cccc(N2C(=O)[C@@H]3CCCC[C@H]3C2=O)c1)Nc1cccc(Cl)c1. The maximum absolute atomic E-state index is 12.8. The lowest BCUT2D eigenvalue weighted by molar-refractivity contribution is -0.122. The van der Waals surface area contributed by atoms with Crippen LogP contribution >= 0.6 is 11.6 Å². The van der Waals surface area contributed by atoms with Crippen LogP contribution in [0.3, 0.4) is 0 Å². The monoisotopic (exact) mass is 440 g/mol. The van der Waals surface area contributed by atoms with Crippen LogP contribution in [0.15, 0.2) is 48.5 Å². The van der Waals surface area contributed by atoms with Gasteiger partial charge in [0, 0.05) is 10.7 Å². The first kappa shape index (κ1) is 21.1. The molecule has 2 aromatic rings. The summed E-state index contributed by atoms with van der Waals surface area (Å²) in [6, 6.07) is 12.8. The topological polar surface area (TPSA) is 92.8 Å². The first-order valence-electron chi connectivity index (χ1n) is 10.1.